The summed E-state index contributed by atoms with van der Waals surface area (Å²) >= 11 is 0. The van der Waals surface area contributed by atoms with Crippen LogP contribution in [0.5, 0.6) is 40.2 Å². The first-order valence-corrected chi connectivity index (χ1v) is 20.3. The topological polar surface area (TPSA) is 365 Å². The lowest BCUT2D eigenvalue weighted by molar-refractivity contribution is -0.319. The monoisotopic (exact) mass is 933 g/mol. The Morgan fingerprint density at radius 1 is 0.667 bits per heavy atom. The first-order chi connectivity index (χ1) is 31.4. The van der Waals surface area contributed by atoms with Gasteiger partial charge in [-0.25, -0.2) is 9.21 Å². The van der Waals surface area contributed by atoms with Crippen LogP contribution in [-0.4, -0.2) is 185 Å². The second-order valence-corrected chi connectivity index (χ2v) is 15.6. The van der Waals surface area contributed by atoms with Crippen LogP contribution in [-0.2, 0) is 28.5 Å². The van der Waals surface area contributed by atoms with E-state index in [1.165, 1.54) is 68.6 Å². The molecule has 3 aromatic carbocycles. The third kappa shape index (κ3) is 10.0. The summed E-state index contributed by atoms with van der Waals surface area (Å²) < 4.78 is 51.5. The molecular weight excluding hydrogens is 884 g/mol. The van der Waals surface area contributed by atoms with Crippen molar-refractivity contribution in [2.24, 2.45) is 0 Å². The average Bonchev–Trinajstić information content (AvgIpc) is 3.29. The van der Waals surface area contributed by atoms with Gasteiger partial charge in [0.05, 0.1) is 38.1 Å². The number of ether oxygens (including phenoxy) is 8. The Hall–Kier alpha value is -5.64. The van der Waals surface area contributed by atoms with Crippen molar-refractivity contribution in [2.75, 3.05) is 20.3 Å². The molecule has 66 heavy (non-hydrogen) atoms. The summed E-state index contributed by atoms with van der Waals surface area (Å²) in [6, 6.07) is 11.4. The first-order valence-electron chi connectivity index (χ1n) is 20.3. The predicted octanol–water partition coefficient (Wildman–Crippen LogP) is -1.31. The van der Waals surface area contributed by atoms with Gasteiger partial charge in [-0.2, -0.15) is 0 Å². The zero-order chi connectivity index (χ0) is 47.7. The lowest BCUT2D eigenvalue weighted by Crippen LogP contribution is -2.62. The molecule has 3 saturated heterocycles. The van der Waals surface area contributed by atoms with E-state index in [1.54, 1.807) is 0 Å². The van der Waals surface area contributed by atoms with Crippen molar-refractivity contribution >= 4 is 23.0 Å². The van der Waals surface area contributed by atoms with E-state index in [0.717, 1.165) is 12.1 Å². The van der Waals surface area contributed by atoms with Crippen LogP contribution in [0.3, 0.4) is 0 Å². The van der Waals surface area contributed by atoms with Crippen LogP contribution < -0.4 is 14.2 Å². The standard InChI is InChI=1S/C43H48O23/c1-16-39(66-30(49)8-4-17-3-6-21(46)23(48)9-17)35(54)38(57)41(60-16)59-15-29-32(51)34(53)37(56)43(65-29)63-27-13-20-24(61-40(27)18-5-7-22(47)26(10-18)58-2)11-19(45)12-25(20)62-42-36(55)33(52)31(50)28(14-44)64-42/h3-13,16,28-29,31-39,41-44,50-57H,14-15H2,1-2H3,(H3-,45,46,47,48,49)/p+1. The maximum absolute atomic E-state index is 12.6. The Labute approximate surface area is 373 Å². The van der Waals surface area contributed by atoms with Crippen molar-refractivity contribution in [2.45, 2.75) is 99.0 Å². The van der Waals surface area contributed by atoms with Crippen molar-refractivity contribution in [3.63, 3.8) is 0 Å². The highest BCUT2D eigenvalue weighted by molar-refractivity contribution is 5.89. The molecule has 0 amide bonds. The molecule has 13 N–H and O–H groups in total. The van der Waals surface area contributed by atoms with Crippen LogP contribution in [0.1, 0.15) is 12.5 Å². The van der Waals surface area contributed by atoms with Gasteiger partial charge in [0, 0.05) is 24.3 Å². The molecule has 15 atom stereocenters. The molecular formula is C43H49O23+. The quantitative estimate of drug-likeness (QED) is 0.0320. The van der Waals surface area contributed by atoms with Crippen molar-refractivity contribution in [1.29, 1.82) is 0 Å². The number of hydrogen-bond donors (Lipinski definition) is 13. The highest BCUT2D eigenvalue weighted by atomic mass is 16.7. The number of fused-ring (bicyclic) bond motifs is 1. The SMILES string of the molecule is COc1cc(-c2[o+]c3cc(O)cc(OC4OC(CO)C(O)C(O)C4O)c3cc2OC2OC(COC3OC(C)C(OC(=O)C=Cc4ccc(O)c(O)c4)C(O)C3O)C(O)C(O)C2O)ccc1O. The molecule has 0 saturated carbocycles. The smallest absolute Gasteiger partial charge is 0.402 e. The van der Waals surface area contributed by atoms with Gasteiger partial charge in [-0.1, -0.05) is 6.07 Å². The molecule has 7 rings (SSSR count). The Bertz CT molecular complexity index is 2380. The molecule has 1 aromatic heterocycles. The summed E-state index contributed by atoms with van der Waals surface area (Å²) in [6.45, 7) is -0.0176. The molecule has 3 fully saturated rings. The molecule has 4 heterocycles. The third-order valence-electron chi connectivity index (χ3n) is 11.1. The Kier molecular flexibility index (Phi) is 14.7. The molecule has 0 aliphatic carbocycles. The summed E-state index contributed by atoms with van der Waals surface area (Å²) in [5.74, 6) is -3.11. The number of aliphatic hydroxyl groups is 9. The zero-order valence-electron chi connectivity index (χ0n) is 34.8. The Morgan fingerprint density at radius 2 is 1.30 bits per heavy atom. The number of carbonyl (C=O) groups excluding carboxylic acids is 1. The van der Waals surface area contributed by atoms with Gasteiger partial charge < -0.3 is 104 Å². The van der Waals surface area contributed by atoms with Gasteiger partial charge in [0.15, 0.2) is 35.4 Å². The molecule has 4 aromatic rings. The Balaban J connectivity index is 1.11. The fourth-order valence-corrected chi connectivity index (χ4v) is 7.42. The third-order valence-corrected chi connectivity index (χ3v) is 11.1. The number of esters is 1. The highest BCUT2D eigenvalue weighted by Crippen LogP contribution is 2.43. The fraction of sp³-hybridized carbons (Fsp3) is 0.442. The highest BCUT2D eigenvalue weighted by Gasteiger charge is 2.50. The van der Waals surface area contributed by atoms with Crippen molar-refractivity contribution < 1.29 is 113 Å². The van der Waals surface area contributed by atoms with Crippen LogP contribution in [0.4, 0.5) is 0 Å². The second-order valence-electron chi connectivity index (χ2n) is 15.6. The van der Waals surface area contributed by atoms with E-state index >= 15 is 0 Å². The van der Waals surface area contributed by atoms with Crippen molar-refractivity contribution in [3.05, 3.63) is 66.2 Å². The van der Waals surface area contributed by atoms with E-state index in [1.807, 2.05) is 0 Å². The van der Waals surface area contributed by atoms with Gasteiger partial charge in [0.2, 0.25) is 18.3 Å². The van der Waals surface area contributed by atoms with E-state index < -0.39 is 123 Å². The predicted molar refractivity (Wildman–Crippen MR) is 219 cm³/mol. The van der Waals surface area contributed by atoms with E-state index in [2.05, 4.69) is 0 Å². The summed E-state index contributed by atoms with van der Waals surface area (Å²) in [5, 5.41) is 136. The average molecular weight is 934 g/mol. The normalized spacial score (nSPS) is 32.6. The fourth-order valence-electron chi connectivity index (χ4n) is 7.42. The van der Waals surface area contributed by atoms with Crippen molar-refractivity contribution in [3.8, 4) is 51.6 Å². The number of aliphatic hydroxyl groups excluding tert-OH is 9. The number of aromatic hydroxyl groups is 4. The number of rotatable bonds is 13. The van der Waals surface area contributed by atoms with Crippen LogP contribution in [0.25, 0.3) is 28.4 Å². The van der Waals surface area contributed by atoms with Crippen LogP contribution in [0, 0.1) is 0 Å². The maximum Gasteiger partial charge on any atom is 0.402 e. The van der Waals surface area contributed by atoms with Gasteiger partial charge in [-0.15, -0.1) is 0 Å². The number of phenols is 4. The first kappa shape index (κ1) is 48.3. The molecule has 0 spiro atoms. The number of phenolic OH excluding ortho intramolecular Hbond substituents is 4. The molecule has 0 bridgehead atoms. The van der Waals surface area contributed by atoms with E-state index in [-0.39, 0.29) is 51.0 Å². The van der Waals surface area contributed by atoms with E-state index in [0.29, 0.717) is 5.56 Å². The number of benzene rings is 3. The minimum absolute atomic E-state index is 0.00577. The summed E-state index contributed by atoms with van der Waals surface area (Å²) in [5.41, 5.74) is 0.421. The molecule has 23 nitrogen and oxygen atoms in total. The summed E-state index contributed by atoms with van der Waals surface area (Å²) in [4.78, 5) is 12.6. The van der Waals surface area contributed by atoms with Gasteiger partial charge >= 0.3 is 17.3 Å². The summed E-state index contributed by atoms with van der Waals surface area (Å²) in [7, 11) is 1.29. The minimum Gasteiger partial charge on any atom is -0.507 e. The van der Waals surface area contributed by atoms with Crippen LogP contribution in [0.15, 0.2) is 65.1 Å². The number of hydrogen-bond acceptors (Lipinski definition) is 22. The van der Waals surface area contributed by atoms with Gasteiger partial charge in [-0.05, 0) is 42.8 Å². The minimum atomic E-state index is -1.97. The summed E-state index contributed by atoms with van der Waals surface area (Å²) in [6.07, 6.45) is -23.1. The Morgan fingerprint density at radius 3 is 1.97 bits per heavy atom. The lowest BCUT2D eigenvalue weighted by atomic mass is 9.98. The van der Waals surface area contributed by atoms with E-state index in [9.17, 15) is 71.2 Å². The largest absolute Gasteiger partial charge is 0.507 e. The second kappa shape index (κ2) is 20.1. The van der Waals surface area contributed by atoms with Crippen LogP contribution in [0.2, 0.25) is 0 Å². The molecule has 0 radical (unpaired) electrons. The molecule has 358 valence electrons. The molecule has 3 aliphatic rings. The van der Waals surface area contributed by atoms with Gasteiger partial charge in [-0.3, -0.25) is 0 Å². The maximum atomic E-state index is 12.6. The zero-order valence-corrected chi connectivity index (χ0v) is 34.8. The lowest BCUT2D eigenvalue weighted by Gasteiger charge is -2.42. The van der Waals surface area contributed by atoms with Gasteiger partial charge in [0.25, 0.3) is 0 Å². The molecule has 23 heteroatoms. The van der Waals surface area contributed by atoms with E-state index in [4.69, 9.17) is 42.3 Å². The van der Waals surface area contributed by atoms with Gasteiger partial charge in [0.1, 0.15) is 77.9 Å². The molecule has 15 unspecified atom stereocenters. The number of carbonyl (C=O) groups is 1. The van der Waals surface area contributed by atoms with Crippen molar-refractivity contribution in [1.82, 2.24) is 0 Å². The van der Waals surface area contributed by atoms with Crippen LogP contribution >= 0.6 is 0 Å². The molecule has 3 aliphatic heterocycles. The number of methoxy groups -OCH3 is 1.